The van der Waals surface area contributed by atoms with Crippen LogP contribution in [0.15, 0.2) is 109 Å². The van der Waals surface area contributed by atoms with Crippen molar-refractivity contribution in [2.24, 2.45) is 0 Å². The van der Waals surface area contributed by atoms with Crippen LogP contribution in [0.3, 0.4) is 0 Å². The Labute approximate surface area is 226 Å². The third kappa shape index (κ3) is 6.33. The van der Waals surface area contributed by atoms with Crippen molar-refractivity contribution in [3.8, 4) is 11.5 Å². The van der Waals surface area contributed by atoms with E-state index >= 15 is 0 Å². The zero-order valence-corrected chi connectivity index (χ0v) is 22.4. The zero-order chi connectivity index (χ0) is 25.1. The maximum atomic E-state index is 12.6. The predicted octanol–water partition coefficient (Wildman–Crippen LogP) is 4.27. The van der Waals surface area contributed by atoms with Crippen molar-refractivity contribution in [1.29, 1.82) is 0 Å². The molecule has 0 aliphatic carbocycles. The van der Waals surface area contributed by atoms with Gasteiger partial charge in [-0.05, 0) is 46.5 Å². The number of hydrogen-bond acceptors (Lipinski definition) is 4. The van der Waals surface area contributed by atoms with Crippen molar-refractivity contribution >= 4 is 7.82 Å². The van der Waals surface area contributed by atoms with E-state index in [4.69, 9.17) is 9.05 Å². The van der Waals surface area contributed by atoms with Crippen LogP contribution in [0.4, 0.5) is 0 Å². The van der Waals surface area contributed by atoms with E-state index in [1.54, 1.807) is 24.3 Å². The van der Waals surface area contributed by atoms with E-state index in [0.29, 0.717) is 0 Å². The molecule has 0 saturated heterocycles. The van der Waals surface area contributed by atoms with Crippen molar-refractivity contribution in [2.75, 3.05) is 0 Å². The molecule has 0 aliphatic rings. The number of hydrogen-bond donors (Lipinski definition) is 0. The van der Waals surface area contributed by atoms with E-state index < -0.39 is 7.82 Å². The molecule has 0 amide bonds. The first kappa shape index (κ1) is 27.8. The van der Waals surface area contributed by atoms with Crippen LogP contribution >= 0.6 is 7.82 Å². The van der Waals surface area contributed by atoms with Crippen LogP contribution in [0.1, 0.15) is 49.9 Å². The molecule has 4 aromatic rings. The molecule has 0 saturated carbocycles. The number of phosphoric acid groups is 1. The molecule has 4 rings (SSSR count). The first-order valence-corrected chi connectivity index (χ1v) is 13.1. The van der Waals surface area contributed by atoms with Gasteiger partial charge in [0.05, 0.1) is 0 Å². The van der Waals surface area contributed by atoms with Crippen LogP contribution in [-0.4, -0.2) is 0 Å². The molecule has 0 N–H and O–H groups in total. The minimum Gasteiger partial charge on any atom is -0.736 e. The normalized spacial score (nSPS) is 11.9. The summed E-state index contributed by atoms with van der Waals surface area (Å²) < 4.78 is 23.0. The Morgan fingerprint density at radius 2 is 0.806 bits per heavy atom. The second-order valence-corrected chi connectivity index (χ2v) is 10.9. The monoisotopic (exact) mass is 492 g/mol. The Bertz CT molecular complexity index is 1200. The quantitative estimate of drug-likeness (QED) is 0.272. The van der Waals surface area contributed by atoms with Crippen LogP contribution in [0, 0.1) is 0 Å². The van der Waals surface area contributed by atoms with Crippen molar-refractivity contribution in [3.05, 3.63) is 131 Å². The van der Waals surface area contributed by atoms with Gasteiger partial charge in [0.15, 0.2) is 0 Å². The van der Waals surface area contributed by atoms with Crippen LogP contribution in [0.5, 0.6) is 11.5 Å². The van der Waals surface area contributed by atoms with Gasteiger partial charge in [0.25, 0.3) is 0 Å². The Balaban J connectivity index is 0.00000361. The molecule has 0 heterocycles. The van der Waals surface area contributed by atoms with E-state index in [1.807, 2.05) is 60.7 Å². The Hall–Kier alpha value is -2.73. The van der Waals surface area contributed by atoms with Crippen molar-refractivity contribution in [1.82, 2.24) is 0 Å². The molecule has 0 atom stereocenters. The fourth-order valence-electron chi connectivity index (χ4n) is 4.18. The molecule has 0 radical (unpaired) electrons. The van der Waals surface area contributed by atoms with Gasteiger partial charge in [-0.2, -0.15) is 0 Å². The minimum atomic E-state index is -4.61. The van der Waals surface area contributed by atoms with E-state index in [0.717, 1.165) is 11.1 Å². The van der Waals surface area contributed by atoms with Gasteiger partial charge in [-0.1, -0.05) is 113 Å². The van der Waals surface area contributed by atoms with Crippen LogP contribution in [0.25, 0.3) is 0 Å². The molecule has 0 bridgehead atoms. The first-order valence-electron chi connectivity index (χ1n) is 11.6. The smallest absolute Gasteiger partial charge is 0.736 e. The van der Waals surface area contributed by atoms with Gasteiger partial charge in [-0.3, -0.25) is 0 Å². The summed E-state index contributed by atoms with van der Waals surface area (Å²) in [4.78, 5) is 12.6. The van der Waals surface area contributed by atoms with Crippen molar-refractivity contribution in [3.63, 3.8) is 0 Å². The molecule has 0 unspecified atom stereocenters. The van der Waals surface area contributed by atoms with Crippen LogP contribution < -0.4 is 32.8 Å². The SMILES string of the molecule is CC(C)(c1ccccc1)c1ccc(OP(=O)([O-])Oc2ccc(C(C)(C)c3ccccc3)cc2)cc1.[Li+]. The van der Waals surface area contributed by atoms with Gasteiger partial charge in [0, 0.05) is 10.8 Å². The van der Waals surface area contributed by atoms with Crippen LogP contribution in [0.2, 0.25) is 0 Å². The van der Waals surface area contributed by atoms with Crippen molar-refractivity contribution in [2.45, 2.75) is 38.5 Å². The summed E-state index contributed by atoms with van der Waals surface area (Å²) in [5.41, 5.74) is 3.99. The standard InChI is InChI=1S/C30H31O4P.Li/c1-29(2,23-11-7-5-8-12-23)25-15-19-27(20-16-25)33-35(31,32)34-28-21-17-26(18-22-28)30(3,4)24-13-9-6-10-14-24;/h5-22H,1-4H3,(H,31,32);/q;+1/p-1. The zero-order valence-electron chi connectivity index (χ0n) is 21.5. The molecule has 4 nitrogen and oxygen atoms in total. The maximum absolute atomic E-state index is 12.6. The van der Waals surface area contributed by atoms with Gasteiger partial charge in [-0.15, -0.1) is 0 Å². The topological polar surface area (TPSA) is 58.6 Å². The molecule has 0 spiro atoms. The molecule has 4 aromatic carbocycles. The molecular formula is C30H30LiO4P. The summed E-state index contributed by atoms with van der Waals surface area (Å²) in [6, 6.07) is 34.4. The second-order valence-electron chi connectivity index (χ2n) is 9.66. The molecule has 0 aliphatic heterocycles. The molecule has 36 heavy (non-hydrogen) atoms. The molecular weight excluding hydrogens is 462 g/mol. The van der Waals surface area contributed by atoms with Gasteiger partial charge in [0.1, 0.15) is 11.5 Å². The maximum Gasteiger partial charge on any atom is 1.00 e. The summed E-state index contributed by atoms with van der Waals surface area (Å²) in [6.07, 6.45) is 0. The van der Waals surface area contributed by atoms with Gasteiger partial charge in [0.2, 0.25) is 0 Å². The van der Waals surface area contributed by atoms with E-state index in [9.17, 15) is 9.46 Å². The molecule has 0 aromatic heterocycles. The van der Waals surface area contributed by atoms with Crippen molar-refractivity contribution < 1.29 is 37.4 Å². The number of benzene rings is 4. The fraction of sp³-hybridized carbons (Fsp3) is 0.200. The Morgan fingerprint density at radius 3 is 1.11 bits per heavy atom. The van der Waals surface area contributed by atoms with Crippen LogP contribution in [-0.2, 0) is 15.4 Å². The molecule has 6 heteroatoms. The summed E-state index contributed by atoms with van der Waals surface area (Å²) in [5.74, 6) is 0.413. The molecule has 0 fully saturated rings. The first-order chi connectivity index (χ1) is 16.6. The third-order valence-electron chi connectivity index (χ3n) is 6.58. The van der Waals surface area contributed by atoms with E-state index in [1.165, 1.54) is 11.1 Å². The van der Waals surface area contributed by atoms with Gasteiger partial charge in [-0.25, -0.2) is 4.57 Å². The van der Waals surface area contributed by atoms with Gasteiger partial charge >= 0.3 is 26.7 Å². The molecule has 180 valence electrons. The summed E-state index contributed by atoms with van der Waals surface area (Å²) >= 11 is 0. The number of phosphoric ester groups is 1. The number of rotatable bonds is 8. The largest absolute Gasteiger partial charge is 1.00 e. The average Bonchev–Trinajstić information content (AvgIpc) is 2.85. The third-order valence-corrected chi connectivity index (χ3v) is 7.45. The second kappa shape index (κ2) is 11.1. The average molecular weight is 492 g/mol. The summed E-state index contributed by atoms with van der Waals surface area (Å²) in [6.45, 7) is 8.51. The Kier molecular flexibility index (Phi) is 8.60. The van der Waals surface area contributed by atoms with E-state index in [2.05, 4.69) is 52.0 Å². The predicted molar refractivity (Wildman–Crippen MR) is 139 cm³/mol. The van der Waals surface area contributed by atoms with Gasteiger partial charge < -0.3 is 13.9 Å². The van der Waals surface area contributed by atoms with E-state index in [-0.39, 0.29) is 41.2 Å². The summed E-state index contributed by atoms with van der Waals surface area (Å²) in [7, 11) is -4.61. The fourth-order valence-corrected chi connectivity index (χ4v) is 4.98. The summed E-state index contributed by atoms with van der Waals surface area (Å²) in [5, 5.41) is 0. The minimum absolute atomic E-state index is 0. The Morgan fingerprint density at radius 1 is 0.528 bits per heavy atom.